The molecule has 0 heterocycles. The highest BCUT2D eigenvalue weighted by Crippen LogP contribution is 2.07. The molecule has 0 aliphatic carbocycles. The molecule has 0 saturated carbocycles. The fourth-order valence-electron chi connectivity index (χ4n) is 4.99. The number of nitrogens with one attached hydrogen (secondary N) is 3. The molecular weight excluding hydrogens is 454 g/mol. The van der Waals surface area contributed by atoms with E-state index in [1.54, 1.807) is 0 Å². The molecule has 0 rings (SSSR count). The van der Waals surface area contributed by atoms with E-state index < -0.39 is 0 Å². The molecule has 7 N–H and O–H groups in total. The molecule has 0 aromatic heterocycles. The lowest BCUT2D eigenvalue weighted by Gasteiger charge is -2.07. The lowest BCUT2D eigenvalue weighted by atomic mass is 10.1. The third kappa shape index (κ3) is 35.8. The van der Waals surface area contributed by atoms with Crippen LogP contribution in [0.1, 0.15) is 154 Å². The van der Waals surface area contributed by atoms with E-state index in [1.807, 2.05) is 0 Å². The maximum Gasteiger partial charge on any atom is -0.00489 e. The first kappa shape index (κ1) is 36.8. The Hall–Kier alpha value is -0.200. The van der Waals surface area contributed by atoms with Crippen molar-refractivity contribution in [1.29, 1.82) is 0 Å². The predicted octanol–water partition coefficient (Wildman–Crippen LogP) is 7.04. The van der Waals surface area contributed by atoms with Gasteiger partial charge in [-0.3, -0.25) is 0 Å². The second kappa shape index (κ2) is 35.8. The van der Waals surface area contributed by atoms with Gasteiger partial charge in [0.15, 0.2) is 0 Å². The van der Waals surface area contributed by atoms with Crippen LogP contribution in [0.15, 0.2) is 0 Å². The summed E-state index contributed by atoms with van der Waals surface area (Å²) in [5.74, 6) is 0. The molecule has 0 aromatic rings. The first-order chi connectivity index (χ1) is 18.4. The lowest BCUT2D eigenvalue weighted by molar-refractivity contribution is 0.522. The van der Waals surface area contributed by atoms with E-state index >= 15 is 0 Å². The van der Waals surface area contributed by atoms with E-state index in [0.29, 0.717) is 0 Å². The van der Waals surface area contributed by atoms with E-state index in [4.69, 9.17) is 11.5 Å². The molecule has 0 atom stereocenters. The summed E-state index contributed by atoms with van der Waals surface area (Å²) in [5, 5.41) is 10.9. The first-order valence-electron chi connectivity index (χ1n) is 16.9. The third-order valence-electron chi connectivity index (χ3n) is 7.53. The molecular formula is C32H71N5. The number of nitrogens with two attached hydrogens (primary N) is 2. The lowest BCUT2D eigenvalue weighted by Crippen LogP contribution is -2.17. The highest BCUT2D eigenvalue weighted by Gasteiger charge is 1.96. The molecule has 0 saturated heterocycles. The van der Waals surface area contributed by atoms with Crippen molar-refractivity contribution < 1.29 is 0 Å². The minimum Gasteiger partial charge on any atom is -0.330 e. The second-order valence-corrected chi connectivity index (χ2v) is 11.3. The van der Waals surface area contributed by atoms with Crippen LogP contribution in [0.25, 0.3) is 0 Å². The molecule has 0 radical (unpaired) electrons. The van der Waals surface area contributed by atoms with Crippen LogP contribution in [-0.4, -0.2) is 52.4 Å². The monoisotopic (exact) mass is 526 g/mol. The molecule has 5 heteroatoms. The fraction of sp³-hybridized carbons (Fsp3) is 1.00. The average molecular weight is 526 g/mol. The standard InChI is InChI=1S/C32H71N5/c33-25-17-9-1-3-11-19-27-35-29-21-13-5-7-15-23-31-37-32-24-16-8-6-14-22-30-36-28-20-12-4-2-10-18-26-34/h35-37H,1-34H2. The number of hydrogen-bond donors (Lipinski definition) is 5. The van der Waals surface area contributed by atoms with E-state index in [9.17, 15) is 0 Å². The maximum atomic E-state index is 5.53. The zero-order valence-electron chi connectivity index (χ0n) is 25.3. The summed E-state index contributed by atoms with van der Waals surface area (Å²) in [6.07, 6.45) is 32.6. The second-order valence-electron chi connectivity index (χ2n) is 11.3. The molecule has 0 spiro atoms. The van der Waals surface area contributed by atoms with E-state index in [1.165, 1.54) is 193 Å². The smallest absolute Gasteiger partial charge is 0.00489 e. The van der Waals surface area contributed by atoms with Gasteiger partial charge in [-0.2, -0.15) is 0 Å². The van der Waals surface area contributed by atoms with Crippen LogP contribution >= 0.6 is 0 Å². The van der Waals surface area contributed by atoms with Crippen LogP contribution in [0.2, 0.25) is 0 Å². The van der Waals surface area contributed by atoms with E-state index in [0.717, 1.165) is 13.1 Å². The van der Waals surface area contributed by atoms with Gasteiger partial charge in [0, 0.05) is 0 Å². The molecule has 5 nitrogen and oxygen atoms in total. The fourth-order valence-corrected chi connectivity index (χ4v) is 4.99. The Kier molecular flexibility index (Phi) is 35.6. The minimum absolute atomic E-state index is 0.856. The minimum atomic E-state index is 0.856. The van der Waals surface area contributed by atoms with Crippen LogP contribution in [0.5, 0.6) is 0 Å². The van der Waals surface area contributed by atoms with Crippen molar-refractivity contribution in [3.05, 3.63) is 0 Å². The predicted molar refractivity (Wildman–Crippen MR) is 168 cm³/mol. The Morgan fingerprint density at radius 3 is 0.568 bits per heavy atom. The summed E-state index contributed by atoms with van der Waals surface area (Å²) in [6, 6.07) is 0. The topological polar surface area (TPSA) is 88.1 Å². The zero-order chi connectivity index (χ0) is 26.7. The van der Waals surface area contributed by atoms with Gasteiger partial charge in [-0.05, 0) is 104 Å². The van der Waals surface area contributed by atoms with Crippen LogP contribution in [0.4, 0.5) is 0 Å². The van der Waals surface area contributed by atoms with Crippen LogP contribution < -0.4 is 27.4 Å². The number of unbranched alkanes of at least 4 members (excludes halogenated alkanes) is 20. The Morgan fingerprint density at radius 2 is 0.378 bits per heavy atom. The molecule has 0 unspecified atom stereocenters. The quantitative estimate of drug-likeness (QED) is 0.0582. The molecule has 0 aliphatic rings. The van der Waals surface area contributed by atoms with Gasteiger partial charge in [-0.25, -0.2) is 0 Å². The van der Waals surface area contributed by atoms with Gasteiger partial charge in [0.05, 0.1) is 0 Å². The maximum absolute atomic E-state index is 5.53. The van der Waals surface area contributed by atoms with E-state index in [2.05, 4.69) is 16.0 Å². The molecule has 37 heavy (non-hydrogen) atoms. The van der Waals surface area contributed by atoms with Gasteiger partial charge in [-0.1, -0.05) is 103 Å². The third-order valence-corrected chi connectivity index (χ3v) is 7.53. The first-order valence-corrected chi connectivity index (χ1v) is 16.9. The Balaban J connectivity index is 3.00. The summed E-state index contributed by atoms with van der Waals surface area (Å²) < 4.78 is 0. The van der Waals surface area contributed by atoms with Crippen molar-refractivity contribution in [1.82, 2.24) is 16.0 Å². The number of rotatable bonds is 34. The summed E-state index contributed by atoms with van der Waals surface area (Å²) >= 11 is 0. The Morgan fingerprint density at radius 1 is 0.216 bits per heavy atom. The largest absolute Gasteiger partial charge is 0.330 e. The van der Waals surface area contributed by atoms with Crippen molar-refractivity contribution in [2.75, 3.05) is 52.4 Å². The van der Waals surface area contributed by atoms with Gasteiger partial charge < -0.3 is 27.4 Å². The van der Waals surface area contributed by atoms with Crippen LogP contribution in [0.3, 0.4) is 0 Å². The molecule has 0 aliphatic heterocycles. The van der Waals surface area contributed by atoms with Crippen molar-refractivity contribution in [2.24, 2.45) is 11.5 Å². The van der Waals surface area contributed by atoms with Crippen molar-refractivity contribution in [2.45, 2.75) is 154 Å². The highest BCUT2D eigenvalue weighted by atomic mass is 14.8. The summed E-state index contributed by atoms with van der Waals surface area (Å²) in [6.45, 7) is 8.98. The van der Waals surface area contributed by atoms with Crippen LogP contribution in [0, 0.1) is 0 Å². The van der Waals surface area contributed by atoms with Gasteiger partial charge in [0.25, 0.3) is 0 Å². The van der Waals surface area contributed by atoms with Crippen molar-refractivity contribution in [3.8, 4) is 0 Å². The van der Waals surface area contributed by atoms with Gasteiger partial charge in [0.2, 0.25) is 0 Å². The van der Waals surface area contributed by atoms with Gasteiger partial charge >= 0.3 is 0 Å². The van der Waals surface area contributed by atoms with Crippen molar-refractivity contribution >= 4 is 0 Å². The normalized spacial score (nSPS) is 11.5. The Bertz CT molecular complexity index is 346. The number of hydrogen-bond acceptors (Lipinski definition) is 5. The molecule has 224 valence electrons. The zero-order valence-corrected chi connectivity index (χ0v) is 25.3. The van der Waals surface area contributed by atoms with Gasteiger partial charge in [0.1, 0.15) is 0 Å². The SMILES string of the molecule is NCCCCCCCCNCCCCCCCCNCCCCCCCCNCCCCCCCCN. The molecule has 0 bridgehead atoms. The Labute approximate surface area is 233 Å². The molecule has 0 fully saturated rings. The molecule has 0 aromatic carbocycles. The average Bonchev–Trinajstić information content (AvgIpc) is 2.91. The van der Waals surface area contributed by atoms with Crippen LogP contribution in [-0.2, 0) is 0 Å². The summed E-state index contributed by atoms with van der Waals surface area (Å²) in [7, 11) is 0. The van der Waals surface area contributed by atoms with Gasteiger partial charge in [-0.15, -0.1) is 0 Å². The van der Waals surface area contributed by atoms with Crippen molar-refractivity contribution in [3.63, 3.8) is 0 Å². The summed E-state index contributed by atoms with van der Waals surface area (Å²) in [5.41, 5.74) is 11.1. The molecule has 0 amide bonds. The van der Waals surface area contributed by atoms with E-state index in [-0.39, 0.29) is 0 Å². The highest BCUT2D eigenvalue weighted by molar-refractivity contribution is 4.55. The summed E-state index contributed by atoms with van der Waals surface area (Å²) in [4.78, 5) is 0.